The summed E-state index contributed by atoms with van der Waals surface area (Å²) in [7, 11) is 0. The van der Waals surface area contributed by atoms with E-state index in [1.54, 1.807) is 6.08 Å². The first-order chi connectivity index (χ1) is 5.14. The Kier molecular flexibility index (Phi) is 2.90. The zero-order valence-electron chi connectivity index (χ0n) is 6.68. The van der Waals surface area contributed by atoms with Crippen molar-refractivity contribution in [3.63, 3.8) is 0 Å². The first-order valence-corrected chi connectivity index (χ1v) is 4.73. The standard InChI is InChI=1S/C9H13BrO/c1-2-3-8-4-6-9(10,11)7-5-8/h4-6,11H,2-3,7H2,1H3. The van der Waals surface area contributed by atoms with Crippen LogP contribution in [0.3, 0.4) is 0 Å². The second-order valence-electron chi connectivity index (χ2n) is 2.89. The first-order valence-electron chi connectivity index (χ1n) is 3.93. The van der Waals surface area contributed by atoms with E-state index in [4.69, 9.17) is 0 Å². The summed E-state index contributed by atoms with van der Waals surface area (Å²) in [6.07, 6.45) is 8.83. The molecule has 1 aliphatic carbocycles. The Morgan fingerprint density at radius 2 is 2.45 bits per heavy atom. The van der Waals surface area contributed by atoms with Crippen LogP contribution in [0.5, 0.6) is 0 Å². The van der Waals surface area contributed by atoms with Gasteiger partial charge in [0.25, 0.3) is 0 Å². The van der Waals surface area contributed by atoms with Crippen LogP contribution >= 0.6 is 15.9 Å². The average Bonchev–Trinajstić information content (AvgIpc) is 1.94. The molecule has 1 atom stereocenters. The van der Waals surface area contributed by atoms with Gasteiger partial charge in [-0.2, -0.15) is 0 Å². The lowest BCUT2D eigenvalue weighted by atomic mass is 10.0. The molecule has 0 heterocycles. The molecule has 1 N–H and O–H groups in total. The fourth-order valence-electron chi connectivity index (χ4n) is 1.12. The molecule has 0 radical (unpaired) electrons. The number of aliphatic hydroxyl groups is 1. The molecule has 0 aromatic rings. The molecule has 0 amide bonds. The van der Waals surface area contributed by atoms with Gasteiger partial charge < -0.3 is 5.11 Å². The van der Waals surface area contributed by atoms with Crippen LogP contribution in [0.25, 0.3) is 0 Å². The number of allylic oxidation sites excluding steroid dienone is 2. The summed E-state index contributed by atoms with van der Waals surface area (Å²) < 4.78 is -0.787. The zero-order chi connectivity index (χ0) is 8.32. The number of alkyl halides is 1. The zero-order valence-corrected chi connectivity index (χ0v) is 8.26. The smallest absolute Gasteiger partial charge is 0.141 e. The molecule has 2 heteroatoms. The van der Waals surface area contributed by atoms with E-state index in [0.29, 0.717) is 6.42 Å². The highest BCUT2D eigenvalue weighted by Crippen LogP contribution is 2.27. The number of rotatable bonds is 2. The number of halogens is 1. The molecule has 1 nitrogen and oxygen atoms in total. The van der Waals surface area contributed by atoms with Crippen molar-refractivity contribution in [2.45, 2.75) is 30.7 Å². The van der Waals surface area contributed by atoms with Gasteiger partial charge in [-0.15, -0.1) is 0 Å². The van der Waals surface area contributed by atoms with Crippen LogP contribution in [0, 0.1) is 0 Å². The lowest BCUT2D eigenvalue weighted by Crippen LogP contribution is -2.17. The van der Waals surface area contributed by atoms with Crippen LogP contribution in [0.2, 0.25) is 0 Å². The van der Waals surface area contributed by atoms with E-state index < -0.39 is 4.51 Å². The Bertz CT molecular complexity index is 192. The van der Waals surface area contributed by atoms with E-state index in [1.807, 2.05) is 6.08 Å². The second-order valence-corrected chi connectivity index (χ2v) is 4.26. The molecule has 0 saturated heterocycles. The van der Waals surface area contributed by atoms with Gasteiger partial charge >= 0.3 is 0 Å². The molecule has 11 heavy (non-hydrogen) atoms. The molecular weight excluding hydrogens is 204 g/mol. The summed E-state index contributed by atoms with van der Waals surface area (Å²) in [5.74, 6) is 0. The van der Waals surface area contributed by atoms with E-state index in [1.165, 1.54) is 5.57 Å². The van der Waals surface area contributed by atoms with Gasteiger partial charge in [-0.3, -0.25) is 0 Å². The molecule has 1 unspecified atom stereocenters. The molecule has 62 valence electrons. The Morgan fingerprint density at radius 3 is 2.91 bits per heavy atom. The number of hydrogen-bond acceptors (Lipinski definition) is 1. The van der Waals surface area contributed by atoms with E-state index >= 15 is 0 Å². The normalized spacial score (nSPS) is 30.3. The minimum Gasteiger partial charge on any atom is -0.375 e. The van der Waals surface area contributed by atoms with Crippen molar-refractivity contribution in [1.29, 1.82) is 0 Å². The molecular formula is C9H13BrO. The predicted octanol–water partition coefficient (Wildman–Crippen LogP) is 2.76. The van der Waals surface area contributed by atoms with E-state index in [0.717, 1.165) is 12.8 Å². The largest absolute Gasteiger partial charge is 0.375 e. The molecule has 0 aliphatic heterocycles. The first kappa shape index (κ1) is 9.01. The minimum absolute atomic E-state index is 0.679. The lowest BCUT2D eigenvalue weighted by Gasteiger charge is -2.19. The van der Waals surface area contributed by atoms with Gasteiger partial charge in [0.15, 0.2) is 0 Å². The topological polar surface area (TPSA) is 20.2 Å². The second kappa shape index (κ2) is 3.55. The van der Waals surface area contributed by atoms with Gasteiger partial charge in [0.05, 0.1) is 0 Å². The Labute approximate surface area is 75.9 Å². The van der Waals surface area contributed by atoms with Crippen molar-refractivity contribution in [1.82, 2.24) is 0 Å². The minimum atomic E-state index is -0.787. The third-order valence-electron chi connectivity index (χ3n) is 1.74. The van der Waals surface area contributed by atoms with Gasteiger partial charge in [-0.05, 0) is 28.4 Å². The van der Waals surface area contributed by atoms with Gasteiger partial charge in [-0.25, -0.2) is 0 Å². The quantitative estimate of drug-likeness (QED) is 0.705. The summed E-state index contributed by atoms with van der Waals surface area (Å²) in [4.78, 5) is 0. The fourth-order valence-corrected chi connectivity index (χ4v) is 1.41. The summed E-state index contributed by atoms with van der Waals surface area (Å²) in [5.41, 5.74) is 1.33. The van der Waals surface area contributed by atoms with Crippen molar-refractivity contribution in [3.05, 3.63) is 23.8 Å². The van der Waals surface area contributed by atoms with E-state index in [2.05, 4.69) is 28.9 Å². The highest BCUT2D eigenvalue weighted by molar-refractivity contribution is 9.10. The summed E-state index contributed by atoms with van der Waals surface area (Å²) >= 11 is 3.20. The molecule has 0 fully saturated rings. The molecule has 1 aliphatic rings. The van der Waals surface area contributed by atoms with Gasteiger partial charge in [0.1, 0.15) is 4.51 Å². The SMILES string of the molecule is CCCC1=CCC(O)(Br)C=C1. The van der Waals surface area contributed by atoms with Gasteiger partial charge in [-0.1, -0.05) is 31.1 Å². The molecule has 0 saturated carbocycles. The Hall–Kier alpha value is -0.0800. The third kappa shape index (κ3) is 2.80. The van der Waals surface area contributed by atoms with E-state index in [9.17, 15) is 5.11 Å². The molecule has 0 aromatic heterocycles. The van der Waals surface area contributed by atoms with Crippen LogP contribution in [-0.2, 0) is 0 Å². The summed E-state index contributed by atoms with van der Waals surface area (Å²) in [6.45, 7) is 2.16. The van der Waals surface area contributed by atoms with Crippen LogP contribution < -0.4 is 0 Å². The molecule has 1 rings (SSSR count). The highest BCUT2D eigenvalue weighted by Gasteiger charge is 2.19. The van der Waals surface area contributed by atoms with E-state index in [-0.39, 0.29) is 0 Å². The van der Waals surface area contributed by atoms with Crippen molar-refractivity contribution < 1.29 is 5.11 Å². The lowest BCUT2D eigenvalue weighted by molar-refractivity contribution is 0.197. The molecule has 0 aromatic carbocycles. The van der Waals surface area contributed by atoms with Crippen molar-refractivity contribution >= 4 is 15.9 Å². The van der Waals surface area contributed by atoms with Crippen LogP contribution in [0.4, 0.5) is 0 Å². The van der Waals surface area contributed by atoms with Crippen LogP contribution in [0.1, 0.15) is 26.2 Å². The maximum atomic E-state index is 9.45. The van der Waals surface area contributed by atoms with Crippen molar-refractivity contribution in [2.75, 3.05) is 0 Å². The Morgan fingerprint density at radius 1 is 1.73 bits per heavy atom. The van der Waals surface area contributed by atoms with Gasteiger partial charge in [0.2, 0.25) is 0 Å². The molecule has 0 spiro atoms. The number of hydrogen-bond donors (Lipinski definition) is 1. The monoisotopic (exact) mass is 216 g/mol. The highest BCUT2D eigenvalue weighted by atomic mass is 79.9. The average molecular weight is 217 g/mol. The summed E-state index contributed by atoms with van der Waals surface area (Å²) in [5, 5.41) is 9.45. The maximum Gasteiger partial charge on any atom is 0.141 e. The summed E-state index contributed by atoms with van der Waals surface area (Å²) in [6, 6.07) is 0. The fraction of sp³-hybridized carbons (Fsp3) is 0.556. The van der Waals surface area contributed by atoms with Gasteiger partial charge in [0, 0.05) is 6.42 Å². The van der Waals surface area contributed by atoms with Crippen LogP contribution in [0.15, 0.2) is 23.8 Å². The Balaban J connectivity index is 2.53. The third-order valence-corrected chi connectivity index (χ3v) is 2.33. The maximum absolute atomic E-state index is 9.45. The molecule has 0 bridgehead atoms. The predicted molar refractivity (Wildman–Crippen MR) is 50.6 cm³/mol. The van der Waals surface area contributed by atoms with Crippen LogP contribution in [-0.4, -0.2) is 9.62 Å². The van der Waals surface area contributed by atoms with Crippen molar-refractivity contribution in [2.24, 2.45) is 0 Å². The van der Waals surface area contributed by atoms with Crippen molar-refractivity contribution in [3.8, 4) is 0 Å².